The lowest BCUT2D eigenvalue weighted by molar-refractivity contribution is 0.0422. The fraction of sp³-hybridized carbons (Fsp3) is 0.400. The molecule has 2 aliphatic rings. The van der Waals surface area contributed by atoms with Crippen molar-refractivity contribution < 1.29 is 4.79 Å². The van der Waals surface area contributed by atoms with Crippen LogP contribution in [0, 0.1) is 0 Å². The lowest BCUT2D eigenvalue weighted by Gasteiger charge is -2.44. The van der Waals surface area contributed by atoms with Gasteiger partial charge in [-0.2, -0.15) is 0 Å². The summed E-state index contributed by atoms with van der Waals surface area (Å²) in [6, 6.07) is 27.0. The number of benzene rings is 3. The van der Waals surface area contributed by atoms with Gasteiger partial charge in [0.05, 0.1) is 0 Å². The summed E-state index contributed by atoms with van der Waals surface area (Å²) in [4.78, 5) is 20.7. The zero-order chi connectivity index (χ0) is 28.6. The van der Waals surface area contributed by atoms with Crippen LogP contribution >= 0.6 is 23.2 Å². The summed E-state index contributed by atoms with van der Waals surface area (Å²) < 4.78 is 0. The summed E-state index contributed by atoms with van der Waals surface area (Å²) in [5.41, 5.74) is 3.34. The molecule has 41 heavy (non-hydrogen) atoms. The van der Waals surface area contributed by atoms with Crippen molar-refractivity contribution >= 4 is 29.1 Å². The second-order valence-electron chi connectivity index (χ2n) is 11.4. The van der Waals surface area contributed by atoms with Gasteiger partial charge in [0.15, 0.2) is 0 Å². The zero-order valence-corrected chi connectivity index (χ0v) is 25.3. The molecule has 3 aromatic rings. The molecular weight excluding hydrogens is 549 g/mol. The van der Waals surface area contributed by atoms with Crippen LogP contribution in [-0.4, -0.2) is 72.0 Å². The normalized spacial score (nSPS) is 20.2. The van der Waals surface area contributed by atoms with Gasteiger partial charge in [0, 0.05) is 66.3 Å². The first-order chi connectivity index (χ1) is 20.0. The van der Waals surface area contributed by atoms with E-state index >= 15 is 0 Å². The van der Waals surface area contributed by atoms with Gasteiger partial charge in [0.1, 0.15) is 0 Å². The third-order valence-corrected chi connectivity index (χ3v) is 9.37. The number of carbonyl (C=O) groups excluding carboxylic acids is 1. The quantitative estimate of drug-likeness (QED) is 0.226. The molecule has 1 amide bonds. The van der Waals surface area contributed by atoms with Crippen LogP contribution in [0.15, 0.2) is 91.5 Å². The number of nitrogens with zero attached hydrogens (tertiary/aromatic N) is 3. The Labute approximate surface area is 255 Å². The number of rotatable bonds is 10. The summed E-state index contributed by atoms with van der Waals surface area (Å²) in [5, 5.41) is 1.53. The first kappa shape index (κ1) is 29.8. The highest BCUT2D eigenvalue weighted by Crippen LogP contribution is 2.32. The number of amides is 1. The lowest BCUT2D eigenvalue weighted by atomic mass is 9.87. The summed E-state index contributed by atoms with van der Waals surface area (Å²) in [6.45, 7) is 9.91. The Morgan fingerprint density at radius 1 is 0.878 bits per heavy atom. The van der Waals surface area contributed by atoms with Gasteiger partial charge in [-0.25, -0.2) is 0 Å². The van der Waals surface area contributed by atoms with Crippen LogP contribution in [0.3, 0.4) is 0 Å². The zero-order valence-electron chi connectivity index (χ0n) is 23.8. The summed E-state index contributed by atoms with van der Waals surface area (Å²) in [5.74, 6) is 0.427. The van der Waals surface area contributed by atoms with Crippen LogP contribution in [-0.2, 0) is 0 Å². The minimum absolute atomic E-state index is 0.122. The van der Waals surface area contributed by atoms with E-state index in [9.17, 15) is 4.79 Å². The van der Waals surface area contributed by atoms with Crippen molar-refractivity contribution in [2.45, 2.75) is 50.1 Å². The maximum Gasteiger partial charge on any atom is 0.254 e. The molecule has 2 unspecified atom stereocenters. The topological polar surface area (TPSA) is 26.8 Å². The molecule has 0 aromatic heterocycles. The monoisotopic (exact) mass is 589 g/mol. The molecule has 1 heterocycles. The average Bonchev–Trinajstić information content (AvgIpc) is 3.02. The van der Waals surface area contributed by atoms with E-state index in [1.165, 1.54) is 17.5 Å². The van der Waals surface area contributed by atoms with E-state index in [1.807, 2.05) is 60.7 Å². The van der Waals surface area contributed by atoms with Gasteiger partial charge in [-0.1, -0.05) is 71.7 Å². The summed E-state index contributed by atoms with van der Waals surface area (Å²) in [7, 11) is 0. The number of carbonyl (C=O) groups is 1. The minimum Gasteiger partial charge on any atom is -0.332 e. The Morgan fingerprint density at radius 2 is 1.49 bits per heavy atom. The molecule has 6 heteroatoms. The number of halogens is 2. The molecule has 0 bridgehead atoms. The molecule has 2 fully saturated rings. The molecule has 216 valence electrons. The standard InChI is InChI=1S/C35H41Cl2N3O/c1-2-20-40(35(41)29-7-4-3-5-8-29)33-10-6-9-32(26-33)39-24-22-38(23-25-39)21-19-34(27-11-15-30(36)16-12-27)28-13-17-31(37)18-14-28/h2-5,7-8,11-18,32-34H,1,6,9-10,19-26H2. The Morgan fingerprint density at radius 3 is 2.07 bits per heavy atom. The fourth-order valence-electron chi connectivity index (χ4n) is 6.62. The van der Waals surface area contributed by atoms with E-state index in [0.717, 1.165) is 74.0 Å². The van der Waals surface area contributed by atoms with E-state index in [0.29, 0.717) is 18.5 Å². The summed E-state index contributed by atoms with van der Waals surface area (Å²) in [6.07, 6.45) is 7.40. The molecule has 1 aliphatic carbocycles. The van der Waals surface area contributed by atoms with Crippen LogP contribution in [0.4, 0.5) is 0 Å². The van der Waals surface area contributed by atoms with Crippen molar-refractivity contribution in [2.24, 2.45) is 0 Å². The molecule has 0 N–H and O–H groups in total. The van der Waals surface area contributed by atoms with Crippen LogP contribution < -0.4 is 0 Å². The molecule has 0 spiro atoms. The summed E-state index contributed by atoms with van der Waals surface area (Å²) >= 11 is 12.4. The first-order valence-electron chi connectivity index (χ1n) is 15.0. The fourth-order valence-corrected chi connectivity index (χ4v) is 6.87. The Balaban J connectivity index is 1.17. The molecule has 1 saturated heterocycles. The maximum absolute atomic E-state index is 13.4. The highest BCUT2D eigenvalue weighted by atomic mass is 35.5. The largest absolute Gasteiger partial charge is 0.332 e. The van der Waals surface area contributed by atoms with E-state index in [2.05, 4.69) is 45.5 Å². The van der Waals surface area contributed by atoms with Crippen molar-refractivity contribution in [2.75, 3.05) is 39.3 Å². The number of piperazine rings is 1. The Bertz CT molecular complexity index is 1210. The van der Waals surface area contributed by atoms with Crippen molar-refractivity contribution in [3.05, 3.63) is 118 Å². The van der Waals surface area contributed by atoms with Gasteiger partial charge >= 0.3 is 0 Å². The van der Waals surface area contributed by atoms with Crippen LogP contribution in [0.5, 0.6) is 0 Å². The van der Waals surface area contributed by atoms with Crippen LogP contribution in [0.25, 0.3) is 0 Å². The van der Waals surface area contributed by atoms with Gasteiger partial charge in [0.25, 0.3) is 5.91 Å². The van der Waals surface area contributed by atoms with Gasteiger partial charge in [-0.15, -0.1) is 6.58 Å². The van der Waals surface area contributed by atoms with E-state index in [1.54, 1.807) is 0 Å². The van der Waals surface area contributed by atoms with Crippen molar-refractivity contribution in [1.82, 2.24) is 14.7 Å². The highest BCUT2D eigenvalue weighted by molar-refractivity contribution is 6.30. The molecule has 1 aliphatic heterocycles. The number of hydrogen-bond donors (Lipinski definition) is 0. The second-order valence-corrected chi connectivity index (χ2v) is 12.3. The maximum atomic E-state index is 13.4. The van der Waals surface area contributed by atoms with E-state index in [-0.39, 0.29) is 11.9 Å². The predicted octanol–water partition coefficient (Wildman–Crippen LogP) is 7.77. The lowest BCUT2D eigenvalue weighted by Crippen LogP contribution is -2.54. The van der Waals surface area contributed by atoms with Crippen molar-refractivity contribution in [3.63, 3.8) is 0 Å². The van der Waals surface area contributed by atoms with Gasteiger partial charge in [-0.3, -0.25) is 9.69 Å². The van der Waals surface area contributed by atoms with Crippen molar-refractivity contribution in [1.29, 1.82) is 0 Å². The third-order valence-electron chi connectivity index (χ3n) is 8.87. The smallest absolute Gasteiger partial charge is 0.254 e. The van der Waals surface area contributed by atoms with Gasteiger partial charge in [-0.05, 0) is 86.2 Å². The van der Waals surface area contributed by atoms with Crippen LogP contribution in [0.1, 0.15) is 59.5 Å². The Hall–Kier alpha value is -2.63. The van der Waals surface area contributed by atoms with Gasteiger partial charge in [0.2, 0.25) is 0 Å². The third kappa shape index (κ3) is 7.81. The molecule has 2 atom stereocenters. The van der Waals surface area contributed by atoms with Crippen LogP contribution in [0.2, 0.25) is 10.0 Å². The second kappa shape index (κ2) is 14.5. The first-order valence-corrected chi connectivity index (χ1v) is 15.7. The predicted molar refractivity (Wildman–Crippen MR) is 171 cm³/mol. The highest BCUT2D eigenvalue weighted by Gasteiger charge is 2.33. The molecule has 3 aromatic carbocycles. The SMILES string of the molecule is C=CCN(C(=O)c1ccccc1)C1CCCC(N2CCN(CCC(c3ccc(Cl)cc3)c3ccc(Cl)cc3)CC2)C1. The number of hydrogen-bond acceptors (Lipinski definition) is 3. The minimum atomic E-state index is 0.122. The molecule has 1 saturated carbocycles. The van der Waals surface area contributed by atoms with Crippen molar-refractivity contribution in [3.8, 4) is 0 Å². The Kier molecular flexibility index (Phi) is 10.6. The molecular formula is C35H41Cl2N3O. The van der Waals surface area contributed by atoms with Gasteiger partial charge < -0.3 is 9.80 Å². The molecule has 4 nitrogen and oxygen atoms in total. The molecule has 0 radical (unpaired) electrons. The average molecular weight is 591 g/mol. The molecule has 5 rings (SSSR count). The van der Waals surface area contributed by atoms with E-state index < -0.39 is 0 Å². The van der Waals surface area contributed by atoms with E-state index in [4.69, 9.17) is 23.2 Å².